The molecule has 12 bridgehead atoms. The van der Waals surface area contributed by atoms with Crippen molar-refractivity contribution >= 4 is 35.3 Å². The van der Waals surface area contributed by atoms with E-state index in [4.69, 9.17) is 15.0 Å². The Morgan fingerprint density at radius 1 is 0.333 bits per heavy atom. The van der Waals surface area contributed by atoms with Crippen LogP contribution in [0.5, 0.6) is 0 Å². The van der Waals surface area contributed by atoms with Gasteiger partial charge in [0.2, 0.25) is 0 Å². The Labute approximate surface area is 247 Å². The van der Waals surface area contributed by atoms with E-state index in [9.17, 15) is 0 Å². The van der Waals surface area contributed by atoms with Crippen LogP contribution in [0.1, 0.15) is 116 Å². The van der Waals surface area contributed by atoms with E-state index in [1.165, 1.54) is 116 Å². The first-order chi connectivity index (χ1) is 18.9. The maximum atomic E-state index is 5.37. The summed E-state index contributed by atoms with van der Waals surface area (Å²) in [7, 11) is 0. The second-order valence-electron chi connectivity index (χ2n) is 16.8. The summed E-state index contributed by atoms with van der Waals surface area (Å²) in [5.41, 5.74) is 0. The summed E-state index contributed by atoms with van der Waals surface area (Å²) in [6, 6.07) is 0. The van der Waals surface area contributed by atoms with Gasteiger partial charge < -0.3 is 0 Å². The van der Waals surface area contributed by atoms with E-state index in [0.29, 0.717) is 14.2 Å². The SMILES string of the molecule is C1C2CC3CC1CC(Sc1nc(SC45CC6CC(CC(C6)C4)C5)nc(SC45CC6CC(CC(C6)C4)C5)n1)(C2)C3. The van der Waals surface area contributed by atoms with Gasteiger partial charge in [0.1, 0.15) is 0 Å². The molecule has 0 spiro atoms. The number of hydrogen-bond acceptors (Lipinski definition) is 6. The van der Waals surface area contributed by atoms with Gasteiger partial charge in [-0.3, -0.25) is 0 Å². The Kier molecular flexibility index (Phi) is 5.39. The molecule has 12 fully saturated rings. The Hall–Kier alpha value is 0.0600. The molecular formula is C33H45N3S3. The third kappa shape index (κ3) is 4.24. The Bertz CT molecular complexity index is 920. The summed E-state index contributed by atoms with van der Waals surface area (Å²) in [6.07, 6.45) is 26.4. The predicted molar refractivity (Wildman–Crippen MR) is 160 cm³/mol. The molecule has 0 amide bonds. The van der Waals surface area contributed by atoms with Gasteiger partial charge in [0.15, 0.2) is 15.5 Å². The van der Waals surface area contributed by atoms with Crippen LogP contribution < -0.4 is 0 Å². The number of hydrogen-bond donors (Lipinski definition) is 0. The van der Waals surface area contributed by atoms with Crippen molar-refractivity contribution in [3.63, 3.8) is 0 Å². The van der Waals surface area contributed by atoms with Crippen molar-refractivity contribution in [1.82, 2.24) is 15.0 Å². The van der Waals surface area contributed by atoms with Gasteiger partial charge in [0, 0.05) is 14.2 Å². The quantitative estimate of drug-likeness (QED) is 0.335. The van der Waals surface area contributed by atoms with Crippen molar-refractivity contribution in [3.05, 3.63) is 0 Å². The molecule has 210 valence electrons. The average Bonchev–Trinajstić information content (AvgIpc) is 2.80. The van der Waals surface area contributed by atoms with E-state index in [1.807, 2.05) is 0 Å². The van der Waals surface area contributed by atoms with Crippen molar-refractivity contribution in [2.24, 2.45) is 53.3 Å². The fourth-order valence-electron chi connectivity index (χ4n) is 13.5. The predicted octanol–water partition coefficient (Wildman–Crippen LogP) is 9.05. The first-order valence-corrected chi connectivity index (χ1v) is 19.2. The largest absolute Gasteiger partial charge is 0.196 e. The Balaban J connectivity index is 0.985. The van der Waals surface area contributed by atoms with Gasteiger partial charge in [-0.05, 0) is 169 Å². The number of aromatic nitrogens is 3. The minimum atomic E-state index is 0.418. The molecule has 6 heteroatoms. The van der Waals surface area contributed by atoms with Crippen LogP contribution in [0.3, 0.4) is 0 Å². The molecule has 12 aliphatic rings. The molecule has 0 radical (unpaired) electrons. The molecule has 0 unspecified atom stereocenters. The normalized spacial score (nSPS) is 53.7. The highest BCUT2D eigenvalue weighted by molar-refractivity contribution is 8.01. The minimum absolute atomic E-state index is 0.418. The molecule has 12 saturated carbocycles. The zero-order chi connectivity index (χ0) is 25.4. The molecule has 0 aromatic carbocycles. The highest BCUT2D eigenvalue weighted by Crippen LogP contribution is 2.65. The first-order valence-electron chi connectivity index (χ1n) is 16.8. The molecule has 0 N–H and O–H groups in total. The molecule has 13 rings (SSSR count). The monoisotopic (exact) mass is 579 g/mol. The molecule has 1 heterocycles. The van der Waals surface area contributed by atoms with Gasteiger partial charge in [0.05, 0.1) is 0 Å². The standard InChI is InChI=1S/C33H45N3S3/c1-19-2-21-3-20(1)11-31(10-19,12-21)37-28-34-29(38-32-13-22-4-23(14-32)6-24(5-22)15-32)36-30(35-28)39-33-16-25-7-26(17-33)9-27(8-25)18-33/h19-27H,1-18H2. The van der Waals surface area contributed by atoms with Gasteiger partial charge in [0.25, 0.3) is 0 Å². The Morgan fingerprint density at radius 2 is 0.513 bits per heavy atom. The summed E-state index contributed by atoms with van der Waals surface area (Å²) in [4.78, 5) is 16.1. The summed E-state index contributed by atoms with van der Waals surface area (Å²) in [5, 5.41) is 3.31. The van der Waals surface area contributed by atoms with E-state index in [1.54, 1.807) is 0 Å². The summed E-state index contributed by atoms with van der Waals surface area (Å²) >= 11 is 6.38. The second-order valence-corrected chi connectivity index (χ2v) is 21.1. The van der Waals surface area contributed by atoms with Crippen LogP contribution in [0.15, 0.2) is 15.5 Å². The van der Waals surface area contributed by atoms with Gasteiger partial charge in [-0.25, -0.2) is 0 Å². The lowest BCUT2D eigenvalue weighted by Gasteiger charge is -2.56. The summed E-state index contributed by atoms with van der Waals surface area (Å²) < 4.78 is 1.25. The van der Waals surface area contributed by atoms with Crippen LogP contribution >= 0.6 is 35.3 Å². The third-order valence-electron chi connectivity index (χ3n) is 13.4. The summed E-state index contributed by atoms with van der Waals surface area (Å²) in [5.74, 6) is 8.81. The highest BCUT2D eigenvalue weighted by atomic mass is 32.2. The molecule has 0 saturated heterocycles. The maximum Gasteiger partial charge on any atom is 0.193 e. The maximum absolute atomic E-state index is 5.37. The van der Waals surface area contributed by atoms with Crippen LogP contribution in [0.25, 0.3) is 0 Å². The topological polar surface area (TPSA) is 38.7 Å². The van der Waals surface area contributed by atoms with Crippen molar-refractivity contribution in [3.8, 4) is 0 Å². The van der Waals surface area contributed by atoms with Gasteiger partial charge in [-0.1, -0.05) is 35.3 Å². The molecular weight excluding hydrogens is 535 g/mol. The van der Waals surface area contributed by atoms with E-state index in [-0.39, 0.29) is 0 Å². The smallest absolute Gasteiger partial charge is 0.193 e. The van der Waals surface area contributed by atoms with Gasteiger partial charge >= 0.3 is 0 Å². The van der Waals surface area contributed by atoms with E-state index >= 15 is 0 Å². The molecule has 0 aliphatic heterocycles. The zero-order valence-corrected chi connectivity index (χ0v) is 25.9. The molecule has 3 nitrogen and oxygen atoms in total. The fraction of sp³-hybridized carbons (Fsp3) is 0.909. The van der Waals surface area contributed by atoms with Crippen LogP contribution in [0, 0.1) is 53.3 Å². The van der Waals surface area contributed by atoms with Crippen LogP contribution in [-0.4, -0.2) is 29.2 Å². The number of nitrogens with zero attached hydrogens (tertiary/aromatic N) is 3. The van der Waals surface area contributed by atoms with Crippen molar-refractivity contribution in [2.45, 2.75) is 145 Å². The molecule has 1 aromatic heterocycles. The molecule has 12 aliphatic carbocycles. The number of rotatable bonds is 6. The van der Waals surface area contributed by atoms with Crippen molar-refractivity contribution in [1.29, 1.82) is 0 Å². The first kappa shape index (κ1) is 24.5. The number of thioether (sulfide) groups is 3. The Morgan fingerprint density at radius 3 is 0.692 bits per heavy atom. The minimum Gasteiger partial charge on any atom is -0.196 e. The molecule has 39 heavy (non-hydrogen) atoms. The van der Waals surface area contributed by atoms with Crippen LogP contribution in [0.2, 0.25) is 0 Å². The molecule has 0 atom stereocenters. The van der Waals surface area contributed by atoms with E-state index in [0.717, 1.165) is 68.7 Å². The van der Waals surface area contributed by atoms with Gasteiger partial charge in [-0.2, -0.15) is 15.0 Å². The lowest BCUT2D eigenvalue weighted by Crippen LogP contribution is -2.49. The summed E-state index contributed by atoms with van der Waals surface area (Å²) in [6.45, 7) is 0. The second kappa shape index (κ2) is 8.58. The lowest BCUT2D eigenvalue weighted by molar-refractivity contribution is 0.0380. The van der Waals surface area contributed by atoms with Crippen LogP contribution in [-0.2, 0) is 0 Å². The highest BCUT2D eigenvalue weighted by Gasteiger charge is 2.55. The van der Waals surface area contributed by atoms with E-state index in [2.05, 4.69) is 35.3 Å². The average molecular weight is 580 g/mol. The van der Waals surface area contributed by atoms with E-state index < -0.39 is 0 Å². The molecule has 1 aromatic rings. The lowest BCUT2D eigenvalue weighted by atomic mass is 9.56. The van der Waals surface area contributed by atoms with Crippen LogP contribution in [0.4, 0.5) is 0 Å². The third-order valence-corrected chi connectivity index (χ3v) is 17.3. The zero-order valence-electron chi connectivity index (χ0n) is 23.5. The van der Waals surface area contributed by atoms with Crippen molar-refractivity contribution < 1.29 is 0 Å². The van der Waals surface area contributed by atoms with Gasteiger partial charge in [-0.15, -0.1) is 0 Å². The fourth-order valence-corrected chi connectivity index (χ4v) is 18.5. The van der Waals surface area contributed by atoms with Crippen molar-refractivity contribution in [2.75, 3.05) is 0 Å².